The minimum absolute atomic E-state index is 0.736. The van der Waals surface area contributed by atoms with E-state index in [9.17, 15) is 0 Å². The molecule has 1 aliphatic rings. The van der Waals surface area contributed by atoms with E-state index in [1.54, 1.807) is 11.3 Å². The number of benzene rings is 2. The van der Waals surface area contributed by atoms with Crippen molar-refractivity contribution < 1.29 is 4.74 Å². The van der Waals surface area contributed by atoms with Crippen LogP contribution in [0.1, 0.15) is 24.8 Å². The van der Waals surface area contributed by atoms with E-state index < -0.39 is 0 Å². The molecule has 0 bridgehead atoms. The molecule has 5 heteroatoms. The molecule has 0 unspecified atom stereocenters. The van der Waals surface area contributed by atoms with E-state index in [2.05, 4.69) is 24.0 Å². The topological polar surface area (TPSA) is 25.4 Å². The Bertz CT molecular complexity index is 887. The van der Waals surface area contributed by atoms with Crippen LogP contribution in [0.5, 0.6) is 5.75 Å². The molecule has 136 valence electrons. The van der Waals surface area contributed by atoms with Gasteiger partial charge in [-0.1, -0.05) is 35.1 Å². The fraction of sp³-hybridized carbons (Fsp3) is 0.381. The number of halogens is 1. The molecule has 4 rings (SSSR count). The molecule has 0 aliphatic carbocycles. The van der Waals surface area contributed by atoms with Crippen LogP contribution in [0, 0.1) is 12.8 Å². The highest BCUT2D eigenvalue weighted by Gasteiger charge is 2.21. The minimum atomic E-state index is 0.736. The molecule has 1 saturated heterocycles. The van der Waals surface area contributed by atoms with E-state index >= 15 is 0 Å². The van der Waals surface area contributed by atoms with Crippen LogP contribution in [0.3, 0.4) is 0 Å². The van der Waals surface area contributed by atoms with Crippen molar-refractivity contribution in [1.82, 2.24) is 4.98 Å². The zero-order valence-electron chi connectivity index (χ0n) is 15.0. The maximum Gasteiger partial charge on any atom is 0.186 e. The number of hydrogen-bond donors (Lipinski definition) is 0. The Morgan fingerprint density at radius 1 is 1.19 bits per heavy atom. The van der Waals surface area contributed by atoms with Crippen LogP contribution in [0.25, 0.3) is 10.2 Å². The van der Waals surface area contributed by atoms with Gasteiger partial charge in [0.15, 0.2) is 5.13 Å². The van der Waals surface area contributed by atoms with Crippen molar-refractivity contribution in [1.29, 1.82) is 0 Å². The first-order valence-corrected chi connectivity index (χ1v) is 10.4. The SMILES string of the molecule is Cc1cccc(OCCC2CCN(c3nc4ccc(Cl)cc4s3)CC2)c1. The second-order valence-electron chi connectivity index (χ2n) is 6.99. The van der Waals surface area contributed by atoms with Crippen LogP contribution in [-0.4, -0.2) is 24.7 Å². The molecule has 26 heavy (non-hydrogen) atoms. The number of thiazole rings is 1. The lowest BCUT2D eigenvalue weighted by molar-refractivity contribution is 0.258. The molecule has 0 spiro atoms. The molecule has 0 amide bonds. The highest BCUT2D eigenvalue weighted by molar-refractivity contribution is 7.22. The summed E-state index contributed by atoms with van der Waals surface area (Å²) in [4.78, 5) is 7.19. The second kappa shape index (κ2) is 7.85. The Morgan fingerprint density at radius 2 is 2.04 bits per heavy atom. The molecule has 2 heterocycles. The minimum Gasteiger partial charge on any atom is -0.494 e. The zero-order chi connectivity index (χ0) is 17.9. The first-order chi connectivity index (χ1) is 12.7. The zero-order valence-corrected chi connectivity index (χ0v) is 16.5. The van der Waals surface area contributed by atoms with Crippen molar-refractivity contribution in [3.8, 4) is 5.75 Å². The van der Waals surface area contributed by atoms with Gasteiger partial charge in [0.05, 0.1) is 16.8 Å². The highest BCUT2D eigenvalue weighted by atomic mass is 35.5. The fourth-order valence-electron chi connectivity index (χ4n) is 3.48. The molecule has 3 nitrogen and oxygen atoms in total. The van der Waals surface area contributed by atoms with Crippen LogP contribution in [0.15, 0.2) is 42.5 Å². The first kappa shape index (κ1) is 17.6. The van der Waals surface area contributed by atoms with Gasteiger partial charge in [-0.05, 0) is 68.0 Å². The Kier molecular flexibility index (Phi) is 5.32. The van der Waals surface area contributed by atoms with Crippen molar-refractivity contribution in [2.75, 3.05) is 24.6 Å². The maximum atomic E-state index is 6.09. The number of fused-ring (bicyclic) bond motifs is 1. The largest absolute Gasteiger partial charge is 0.494 e. The van der Waals surface area contributed by atoms with E-state index in [0.717, 1.165) is 53.5 Å². The van der Waals surface area contributed by atoms with Gasteiger partial charge in [0.2, 0.25) is 0 Å². The number of piperidine rings is 1. The predicted octanol–water partition coefficient (Wildman–Crippen LogP) is 5.94. The van der Waals surface area contributed by atoms with Gasteiger partial charge in [0.25, 0.3) is 0 Å². The van der Waals surface area contributed by atoms with E-state index in [1.807, 2.05) is 30.3 Å². The lowest BCUT2D eigenvalue weighted by Gasteiger charge is -2.31. The molecular weight excluding hydrogens is 364 g/mol. The maximum absolute atomic E-state index is 6.09. The van der Waals surface area contributed by atoms with Gasteiger partial charge in [0.1, 0.15) is 5.75 Å². The van der Waals surface area contributed by atoms with Gasteiger partial charge >= 0.3 is 0 Å². The summed E-state index contributed by atoms with van der Waals surface area (Å²) in [6.07, 6.45) is 3.53. The van der Waals surface area contributed by atoms with Gasteiger partial charge in [-0.25, -0.2) is 4.98 Å². The van der Waals surface area contributed by atoms with Crippen molar-refractivity contribution in [3.63, 3.8) is 0 Å². The van der Waals surface area contributed by atoms with E-state index in [1.165, 1.54) is 23.1 Å². The van der Waals surface area contributed by atoms with Crippen LogP contribution in [0.4, 0.5) is 5.13 Å². The molecule has 0 saturated carbocycles. The number of aryl methyl sites for hydroxylation is 1. The lowest BCUT2D eigenvalue weighted by atomic mass is 9.94. The number of ether oxygens (including phenoxy) is 1. The Labute approximate surface area is 163 Å². The van der Waals surface area contributed by atoms with Gasteiger partial charge in [-0.15, -0.1) is 0 Å². The summed E-state index contributed by atoms with van der Waals surface area (Å²) in [5.74, 6) is 1.72. The summed E-state index contributed by atoms with van der Waals surface area (Å²) in [6.45, 7) is 5.04. The summed E-state index contributed by atoms with van der Waals surface area (Å²) < 4.78 is 7.08. The van der Waals surface area contributed by atoms with Crippen molar-refractivity contribution in [2.24, 2.45) is 5.92 Å². The van der Waals surface area contributed by atoms with E-state index in [-0.39, 0.29) is 0 Å². The molecule has 3 aromatic rings. The molecule has 1 aromatic heterocycles. The number of aromatic nitrogens is 1. The van der Waals surface area contributed by atoms with Gasteiger partial charge < -0.3 is 9.64 Å². The molecule has 1 fully saturated rings. The van der Waals surface area contributed by atoms with Crippen LogP contribution in [0.2, 0.25) is 5.02 Å². The first-order valence-electron chi connectivity index (χ1n) is 9.18. The summed E-state index contributed by atoms with van der Waals surface area (Å²) in [7, 11) is 0. The summed E-state index contributed by atoms with van der Waals surface area (Å²) in [5.41, 5.74) is 2.29. The number of anilines is 1. The van der Waals surface area contributed by atoms with Crippen LogP contribution < -0.4 is 9.64 Å². The van der Waals surface area contributed by atoms with E-state index in [4.69, 9.17) is 21.3 Å². The number of nitrogens with zero attached hydrogens (tertiary/aromatic N) is 2. The third-order valence-corrected chi connectivity index (χ3v) is 6.32. The van der Waals surface area contributed by atoms with Gasteiger partial charge in [0, 0.05) is 18.1 Å². The monoisotopic (exact) mass is 386 g/mol. The molecule has 0 N–H and O–H groups in total. The Hall–Kier alpha value is -1.78. The van der Waals surface area contributed by atoms with Gasteiger partial charge in [-0.3, -0.25) is 0 Å². The van der Waals surface area contributed by atoms with E-state index in [0.29, 0.717) is 0 Å². The quantitative estimate of drug-likeness (QED) is 0.542. The normalized spacial score (nSPS) is 15.5. The van der Waals surface area contributed by atoms with Crippen LogP contribution >= 0.6 is 22.9 Å². The Morgan fingerprint density at radius 3 is 2.85 bits per heavy atom. The standard InChI is InChI=1S/C21H23ClN2OS/c1-15-3-2-4-18(13-15)25-12-9-16-7-10-24(11-8-16)21-23-19-6-5-17(22)14-20(19)26-21/h2-6,13-14,16H,7-12H2,1H3. The molecule has 1 aliphatic heterocycles. The van der Waals surface area contributed by atoms with Crippen molar-refractivity contribution in [3.05, 3.63) is 53.1 Å². The third-order valence-electron chi connectivity index (χ3n) is 5.01. The molecule has 0 atom stereocenters. The molecule has 2 aromatic carbocycles. The average Bonchev–Trinajstić information content (AvgIpc) is 3.05. The number of hydrogen-bond acceptors (Lipinski definition) is 4. The summed E-state index contributed by atoms with van der Waals surface area (Å²) >= 11 is 7.83. The molecule has 0 radical (unpaired) electrons. The average molecular weight is 387 g/mol. The second-order valence-corrected chi connectivity index (χ2v) is 8.44. The van der Waals surface area contributed by atoms with Crippen LogP contribution in [-0.2, 0) is 0 Å². The smallest absolute Gasteiger partial charge is 0.186 e. The third kappa shape index (κ3) is 4.13. The van der Waals surface area contributed by atoms with Crippen molar-refractivity contribution >= 4 is 38.3 Å². The fourth-order valence-corrected chi connectivity index (χ4v) is 4.78. The van der Waals surface area contributed by atoms with Gasteiger partial charge in [-0.2, -0.15) is 0 Å². The summed E-state index contributed by atoms with van der Waals surface area (Å²) in [6, 6.07) is 14.2. The highest BCUT2D eigenvalue weighted by Crippen LogP contribution is 2.33. The molecular formula is C21H23ClN2OS. The number of rotatable bonds is 5. The summed E-state index contributed by atoms with van der Waals surface area (Å²) in [5, 5.41) is 1.90. The van der Waals surface area contributed by atoms with Crippen molar-refractivity contribution in [2.45, 2.75) is 26.2 Å². The Balaban J connectivity index is 1.28. The predicted molar refractivity (Wildman–Crippen MR) is 111 cm³/mol. The lowest BCUT2D eigenvalue weighted by Crippen LogP contribution is -2.34.